The maximum absolute atomic E-state index is 12.9. The van der Waals surface area contributed by atoms with E-state index in [0.29, 0.717) is 35.4 Å². The molecule has 5 nitrogen and oxygen atoms in total. The van der Waals surface area contributed by atoms with Gasteiger partial charge in [-0.1, -0.05) is 53.5 Å². The first-order valence-corrected chi connectivity index (χ1v) is 9.36. The first-order chi connectivity index (χ1) is 13.1. The van der Waals surface area contributed by atoms with E-state index < -0.39 is 0 Å². The largest absolute Gasteiger partial charge is 0.493 e. The molecule has 0 spiro atoms. The first kappa shape index (κ1) is 17.9. The van der Waals surface area contributed by atoms with E-state index in [1.54, 1.807) is 23.0 Å². The van der Waals surface area contributed by atoms with E-state index in [0.717, 1.165) is 16.9 Å². The van der Waals surface area contributed by atoms with Crippen molar-refractivity contribution in [2.75, 3.05) is 11.9 Å². The van der Waals surface area contributed by atoms with Crippen molar-refractivity contribution in [3.8, 4) is 5.75 Å². The number of anilines is 1. The molecular formula is C20H17Cl2N3O2. The lowest BCUT2D eigenvalue weighted by Crippen LogP contribution is -2.27. The van der Waals surface area contributed by atoms with Crippen LogP contribution in [0.25, 0.3) is 0 Å². The highest BCUT2D eigenvalue weighted by molar-refractivity contribution is 6.42. The fraction of sp³-hybridized carbons (Fsp3) is 0.200. The summed E-state index contributed by atoms with van der Waals surface area (Å²) in [6.45, 7) is 0.929. The summed E-state index contributed by atoms with van der Waals surface area (Å²) in [6.07, 6.45) is 2.28. The van der Waals surface area contributed by atoms with Crippen molar-refractivity contribution in [1.82, 2.24) is 9.78 Å². The minimum absolute atomic E-state index is 0.0790. The van der Waals surface area contributed by atoms with Gasteiger partial charge in [0.25, 0.3) is 0 Å². The second kappa shape index (κ2) is 7.62. The quantitative estimate of drug-likeness (QED) is 0.686. The summed E-state index contributed by atoms with van der Waals surface area (Å²) < 4.78 is 7.34. The van der Waals surface area contributed by atoms with Gasteiger partial charge in [-0.15, -0.1) is 0 Å². The van der Waals surface area contributed by atoms with Crippen molar-refractivity contribution >= 4 is 34.9 Å². The van der Waals surface area contributed by atoms with Crippen LogP contribution in [0.4, 0.5) is 5.82 Å². The number of amides is 1. The fourth-order valence-electron chi connectivity index (χ4n) is 3.22. The van der Waals surface area contributed by atoms with Crippen LogP contribution in [0.2, 0.25) is 10.0 Å². The minimum Gasteiger partial charge on any atom is -0.493 e. The van der Waals surface area contributed by atoms with Gasteiger partial charge in [-0.25, -0.2) is 4.68 Å². The highest BCUT2D eigenvalue weighted by atomic mass is 35.5. The van der Waals surface area contributed by atoms with Crippen molar-refractivity contribution < 1.29 is 9.53 Å². The van der Waals surface area contributed by atoms with Crippen molar-refractivity contribution in [1.29, 1.82) is 0 Å². The Kier molecular flexibility index (Phi) is 5.05. The van der Waals surface area contributed by atoms with Crippen LogP contribution in [0.15, 0.2) is 54.7 Å². The van der Waals surface area contributed by atoms with Gasteiger partial charge < -0.3 is 10.1 Å². The number of aromatic nitrogens is 2. The number of carbonyl (C=O) groups excluding carboxylic acids is 1. The number of rotatable bonds is 4. The lowest BCUT2D eigenvalue weighted by Gasteiger charge is -2.25. The Morgan fingerprint density at radius 3 is 2.93 bits per heavy atom. The van der Waals surface area contributed by atoms with Gasteiger partial charge >= 0.3 is 0 Å². The van der Waals surface area contributed by atoms with Crippen LogP contribution < -0.4 is 10.1 Å². The molecule has 4 rings (SSSR count). The first-order valence-electron chi connectivity index (χ1n) is 8.61. The summed E-state index contributed by atoms with van der Waals surface area (Å²) in [7, 11) is 0. The number of fused-ring (bicyclic) bond motifs is 1. The molecule has 2 aromatic carbocycles. The molecule has 0 saturated carbocycles. The molecule has 27 heavy (non-hydrogen) atoms. The molecule has 138 valence electrons. The molecule has 0 saturated heterocycles. The molecule has 1 unspecified atom stereocenters. The van der Waals surface area contributed by atoms with E-state index in [-0.39, 0.29) is 11.8 Å². The standard InChI is InChI=1S/C20H17Cl2N3O2/c21-16-6-3-4-13(19(16)22)12-25-18(8-10-23-25)24-20(26)15-9-11-27-17-7-2-1-5-14(15)17/h1-8,10,15H,9,11-12H2,(H,24,26). The zero-order valence-electron chi connectivity index (χ0n) is 14.4. The molecular weight excluding hydrogens is 385 g/mol. The van der Waals surface area contributed by atoms with Gasteiger partial charge in [0.1, 0.15) is 11.6 Å². The molecule has 3 aromatic rings. The summed E-state index contributed by atoms with van der Waals surface area (Å²) in [5, 5.41) is 8.27. The highest BCUT2D eigenvalue weighted by Crippen LogP contribution is 2.34. The number of para-hydroxylation sites is 1. The van der Waals surface area contributed by atoms with Crippen LogP contribution in [0.5, 0.6) is 5.75 Å². The van der Waals surface area contributed by atoms with Gasteiger partial charge in [0.2, 0.25) is 5.91 Å². The second-order valence-corrected chi connectivity index (χ2v) is 7.09. The van der Waals surface area contributed by atoms with Crippen LogP contribution in [0.3, 0.4) is 0 Å². The van der Waals surface area contributed by atoms with E-state index in [1.165, 1.54) is 0 Å². The van der Waals surface area contributed by atoms with E-state index in [9.17, 15) is 4.79 Å². The zero-order valence-corrected chi connectivity index (χ0v) is 15.9. The van der Waals surface area contributed by atoms with Gasteiger partial charge in [0.05, 0.1) is 35.3 Å². The normalized spacial score (nSPS) is 15.7. The van der Waals surface area contributed by atoms with Crippen LogP contribution in [0.1, 0.15) is 23.5 Å². The SMILES string of the molecule is O=C(Nc1ccnn1Cc1cccc(Cl)c1Cl)C1CCOc2ccccc21. The Hall–Kier alpha value is -2.50. The van der Waals surface area contributed by atoms with Crippen LogP contribution in [-0.2, 0) is 11.3 Å². The predicted molar refractivity (Wildman–Crippen MR) is 106 cm³/mol. The molecule has 1 N–H and O–H groups in total. The van der Waals surface area contributed by atoms with Gasteiger partial charge in [0, 0.05) is 11.6 Å². The fourth-order valence-corrected chi connectivity index (χ4v) is 3.60. The van der Waals surface area contributed by atoms with Gasteiger partial charge in [0.15, 0.2) is 0 Å². The molecule has 0 aliphatic carbocycles. The van der Waals surface area contributed by atoms with Gasteiger partial charge in [-0.3, -0.25) is 4.79 Å². The molecule has 0 radical (unpaired) electrons. The third kappa shape index (κ3) is 3.66. The molecule has 1 aliphatic rings. The van der Waals surface area contributed by atoms with Crippen molar-refractivity contribution in [2.45, 2.75) is 18.9 Å². The summed E-state index contributed by atoms with van der Waals surface area (Å²) in [4.78, 5) is 12.9. The van der Waals surface area contributed by atoms with E-state index >= 15 is 0 Å². The van der Waals surface area contributed by atoms with Crippen LogP contribution in [0, 0.1) is 0 Å². The highest BCUT2D eigenvalue weighted by Gasteiger charge is 2.28. The van der Waals surface area contributed by atoms with Gasteiger partial charge in [-0.05, 0) is 24.1 Å². The number of nitrogens with one attached hydrogen (secondary N) is 1. The summed E-state index contributed by atoms with van der Waals surface area (Å²) in [6, 6.07) is 14.9. The number of ether oxygens (including phenoxy) is 1. The summed E-state index contributed by atoms with van der Waals surface area (Å²) in [5.74, 6) is 1.04. The summed E-state index contributed by atoms with van der Waals surface area (Å²) in [5.41, 5.74) is 1.74. The lowest BCUT2D eigenvalue weighted by atomic mass is 9.92. The number of halogens is 2. The molecule has 1 amide bonds. The minimum atomic E-state index is -0.256. The molecule has 1 aromatic heterocycles. The van der Waals surface area contributed by atoms with Crippen LogP contribution >= 0.6 is 23.2 Å². The monoisotopic (exact) mass is 401 g/mol. The third-order valence-corrected chi connectivity index (χ3v) is 5.45. The third-order valence-electron chi connectivity index (χ3n) is 4.59. The number of hydrogen-bond donors (Lipinski definition) is 1. The molecule has 1 atom stereocenters. The average molecular weight is 402 g/mol. The lowest BCUT2D eigenvalue weighted by molar-refractivity contribution is -0.118. The molecule has 7 heteroatoms. The topological polar surface area (TPSA) is 56.2 Å². The Bertz CT molecular complexity index is 987. The van der Waals surface area contributed by atoms with Crippen molar-refractivity contribution in [3.05, 3.63) is 75.9 Å². The number of carbonyl (C=O) groups is 1. The van der Waals surface area contributed by atoms with Crippen molar-refractivity contribution in [2.24, 2.45) is 0 Å². The average Bonchev–Trinajstić information content (AvgIpc) is 3.11. The van der Waals surface area contributed by atoms with E-state index in [4.69, 9.17) is 27.9 Å². The van der Waals surface area contributed by atoms with Crippen LogP contribution in [-0.4, -0.2) is 22.3 Å². The molecule has 1 aliphatic heterocycles. The number of benzene rings is 2. The summed E-state index contributed by atoms with van der Waals surface area (Å²) >= 11 is 12.4. The molecule has 2 heterocycles. The van der Waals surface area contributed by atoms with Gasteiger partial charge in [-0.2, -0.15) is 5.10 Å². The zero-order chi connectivity index (χ0) is 18.8. The Morgan fingerprint density at radius 1 is 1.19 bits per heavy atom. The molecule has 0 fully saturated rings. The Labute approximate surface area is 166 Å². The van der Waals surface area contributed by atoms with Crippen molar-refractivity contribution in [3.63, 3.8) is 0 Å². The maximum atomic E-state index is 12.9. The second-order valence-electron chi connectivity index (χ2n) is 6.30. The predicted octanol–water partition coefficient (Wildman–Crippen LogP) is 4.74. The Morgan fingerprint density at radius 2 is 2.04 bits per heavy atom. The number of nitrogens with zero attached hydrogens (tertiary/aromatic N) is 2. The van der Waals surface area contributed by atoms with E-state index in [1.807, 2.05) is 36.4 Å². The Balaban J connectivity index is 1.54. The smallest absolute Gasteiger partial charge is 0.233 e. The maximum Gasteiger partial charge on any atom is 0.233 e. The molecule has 0 bridgehead atoms. The van der Waals surface area contributed by atoms with E-state index in [2.05, 4.69) is 10.4 Å². The number of hydrogen-bond acceptors (Lipinski definition) is 3.